The van der Waals surface area contributed by atoms with E-state index in [1.165, 1.54) is 25.7 Å². The van der Waals surface area contributed by atoms with Crippen LogP contribution in [-0.4, -0.2) is 25.2 Å². The molecule has 1 N–H and O–H groups in total. The van der Waals surface area contributed by atoms with E-state index in [1.807, 2.05) is 12.1 Å². The van der Waals surface area contributed by atoms with Gasteiger partial charge >= 0.3 is 0 Å². The molecule has 2 heterocycles. The molecular formula is C15H18ClN3. The van der Waals surface area contributed by atoms with E-state index in [0.29, 0.717) is 17.1 Å². The smallest absolute Gasteiger partial charge is 0.101 e. The Balaban J connectivity index is 1.92. The third-order valence-corrected chi connectivity index (χ3v) is 4.49. The van der Waals surface area contributed by atoms with E-state index in [4.69, 9.17) is 11.6 Å². The molecule has 0 aromatic heterocycles. The van der Waals surface area contributed by atoms with Gasteiger partial charge in [0.05, 0.1) is 11.3 Å². The Kier molecular flexibility index (Phi) is 3.63. The lowest BCUT2D eigenvalue weighted by Gasteiger charge is -2.32. The Morgan fingerprint density at radius 1 is 1.32 bits per heavy atom. The average molecular weight is 276 g/mol. The Labute approximate surface area is 119 Å². The minimum atomic E-state index is 0.507. The highest BCUT2D eigenvalue weighted by Gasteiger charge is 2.34. The normalized spacial score (nSPS) is 26.6. The number of anilines is 1. The first-order valence-electron chi connectivity index (χ1n) is 6.99. The summed E-state index contributed by atoms with van der Waals surface area (Å²) < 4.78 is 0. The zero-order chi connectivity index (χ0) is 13.2. The SMILES string of the molecule is N#Cc1ccc(Cl)cc1N1CCCC1C1CCCN1. The quantitative estimate of drug-likeness (QED) is 0.902. The fourth-order valence-electron chi connectivity index (χ4n) is 3.39. The summed E-state index contributed by atoms with van der Waals surface area (Å²) in [5.41, 5.74) is 1.74. The Hall–Kier alpha value is -1.24. The molecule has 2 atom stereocenters. The summed E-state index contributed by atoms with van der Waals surface area (Å²) in [5.74, 6) is 0. The number of nitrogens with one attached hydrogen (secondary N) is 1. The summed E-state index contributed by atoms with van der Waals surface area (Å²) in [6, 6.07) is 8.92. The maximum atomic E-state index is 9.29. The first-order valence-corrected chi connectivity index (χ1v) is 7.37. The third kappa shape index (κ3) is 2.43. The lowest BCUT2D eigenvalue weighted by Crippen LogP contribution is -2.44. The van der Waals surface area contributed by atoms with Crippen LogP contribution in [0.25, 0.3) is 0 Å². The molecule has 0 bridgehead atoms. The molecule has 2 aliphatic rings. The number of halogens is 1. The van der Waals surface area contributed by atoms with Crippen LogP contribution >= 0.6 is 11.6 Å². The summed E-state index contributed by atoms with van der Waals surface area (Å²) in [6.45, 7) is 2.15. The number of rotatable bonds is 2. The number of hydrogen-bond donors (Lipinski definition) is 1. The fraction of sp³-hybridized carbons (Fsp3) is 0.533. The highest BCUT2D eigenvalue weighted by molar-refractivity contribution is 6.30. The van der Waals surface area contributed by atoms with Gasteiger partial charge in [-0.05, 0) is 50.4 Å². The molecule has 0 aliphatic carbocycles. The van der Waals surface area contributed by atoms with Crippen LogP contribution in [0.5, 0.6) is 0 Å². The van der Waals surface area contributed by atoms with Crippen LogP contribution in [0.3, 0.4) is 0 Å². The second-order valence-electron chi connectivity index (χ2n) is 5.38. The average Bonchev–Trinajstić information content (AvgIpc) is 3.09. The van der Waals surface area contributed by atoms with Crippen LogP contribution < -0.4 is 10.2 Å². The molecule has 0 saturated carbocycles. The molecule has 1 aromatic rings. The highest BCUT2D eigenvalue weighted by atomic mass is 35.5. The highest BCUT2D eigenvalue weighted by Crippen LogP contribution is 2.33. The van der Waals surface area contributed by atoms with Gasteiger partial charge in [0.2, 0.25) is 0 Å². The molecule has 2 unspecified atom stereocenters. The van der Waals surface area contributed by atoms with Gasteiger partial charge in [0.25, 0.3) is 0 Å². The molecular weight excluding hydrogens is 258 g/mol. The van der Waals surface area contributed by atoms with Crippen molar-refractivity contribution in [3.8, 4) is 6.07 Å². The van der Waals surface area contributed by atoms with Gasteiger partial charge in [-0.15, -0.1) is 0 Å². The molecule has 2 fully saturated rings. The first-order chi connectivity index (χ1) is 9.29. The van der Waals surface area contributed by atoms with E-state index in [2.05, 4.69) is 16.3 Å². The summed E-state index contributed by atoms with van der Waals surface area (Å²) in [5, 5.41) is 13.6. The van der Waals surface area contributed by atoms with E-state index in [-0.39, 0.29) is 0 Å². The Bertz CT molecular complexity index is 503. The minimum Gasteiger partial charge on any atom is -0.366 e. The molecule has 3 nitrogen and oxygen atoms in total. The molecule has 3 rings (SSSR count). The fourth-order valence-corrected chi connectivity index (χ4v) is 3.55. The van der Waals surface area contributed by atoms with E-state index in [1.54, 1.807) is 6.07 Å². The van der Waals surface area contributed by atoms with Crippen LogP contribution in [0.1, 0.15) is 31.2 Å². The van der Waals surface area contributed by atoms with Gasteiger partial charge in [-0.25, -0.2) is 0 Å². The lowest BCUT2D eigenvalue weighted by molar-refractivity contribution is 0.482. The van der Waals surface area contributed by atoms with Crippen molar-refractivity contribution in [3.63, 3.8) is 0 Å². The first kappa shape index (κ1) is 12.8. The number of nitrogens with zero attached hydrogens (tertiary/aromatic N) is 2. The number of benzene rings is 1. The topological polar surface area (TPSA) is 39.1 Å². The standard InChI is InChI=1S/C15H18ClN3/c16-12-6-5-11(10-17)15(9-12)19-8-2-4-14(19)13-3-1-7-18-13/h5-6,9,13-14,18H,1-4,7-8H2. The molecule has 19 heavy (non-hydrogen) atoms. The molecule has 0 spiro atoms. The van der Waals surface area contributed by atoms with Gasteiger partial charge in [-0.2, -0.15) is 5.26 Å². The van der Waals surface area contributed by atoms with E-state index >= 15 is 0 Å². The second kappa shape index (κ2) is 5.40. The van der Waals surface area contributed by atoms with Crippen molar-refractivity contribution >= 4 is 17.3 Å². The predicted octanol–water partition coefficient (Wildman–Crippen LogP) is 2.93. The monoisotopic (exact) mass is 275 g/mol. The van der Waals surface area contributed by atoms with Crippen LogP contribution in [0.4, 0.5) is 5.69 Å². The van der Waals surface area contributed by atoms with Gasteiger partial charge in [-0.3, -0.25) is 0 Å². The van der Waals surface area contributed by atoms with Gasteiger partial charge in [0.1, 0.15) is 6.07 Å². The van der Waals surface area contributed by atoms with Crippen LogP contribution in [0.2, 0.25) is 5.02 Å². The van der Waals surface area contributed by atoms with Crippen molar-refractivity contribution < 1.29 is 0 Å². The number of hydrogen-bond acceptors (Lipinski definition) is 3. The van der Waals surface area contributed by atoms with Crippen molar-refractivity contribution in [2.45, 2.75) is 37.8 Å². The van der Waals surface area contributed by atoms with Crippen molar-refractivity contribution in [2.24, 2.45) is 0 Å². The van der Waals surface area contributed by atoms with E-state index < -0.39 is 0 Å². The lowest BCUT2D eigenvalue weighted by atomic mass is 10.0. The Morgan fingerprint density at radius 3 is 2.95 bits per heavy atom. The molecule has 0 radical (unpaired) electrons. The summed E-state index contributed by atoms with van der Waals surface area (Å²) >= 11 is 6.11. The zero-order valence-corrected chi connectivity index (χ0v) is 11.7. The van der Waals surface area contributed by atoms with Gasteiger partial charge < -0.3 is 10.2 Å². The van der Waals surface area contributed by atoms with Crippen molar-refractivity contribution in [3.05, 3.63) is 28.8 Å². The van der Waals surface area contributed by atoms with Crippen molar-refractivity contribution in [1.29, 1.82) is 5.26 Å². The molecule has 0 amide bonds. The molecule has 2 saturated heterocycles. The van der Waals surface area contributed by atoms with Gasteiger partial charge in [0, 0.05) is 23.7 Å². The van der Waals surface area contributed by atoms with Crippen molar-refractivity contribution in [2.75, 3.05) is 18.0 Å². The van der Waals surface area contributed by atoms with Gasteiger partial charge in [0.15, 0.2) is 0 Å². The maximum Gasteiger partial charge on any atom is 0.101 e. The number of nitriles is 1. The third-order valence-electron chi connectivity index (χ3n) is 4.25. The molecule has 100 valence electrons. The zero-order valence-electron chi connectivity index (χ0n) is 10.9. The van der Waals surface area contributed by atoms with Gasteiger partial charge in [-0.1, -0.05) is 11.6 Å². The molecule has 2 aliphatic heterocycles. The maximum absolute atomic E-state index is 9.29. The largest absolute Gasteiger partial charge is 0.366 e. The molecule has 4 heteroatoms. The van der Waals surface area contributed by atoms with Crippen molar-refractivity contribution in [1.82, 2.24) is 5.32 Å². The van der Waals surface area contributed by atoms with Crippen LogP contribution in [-0.2, 0) is 0 Å². The van der Waals surface area contributed by atoms with E-state index in [0.717, 1.165) is 24.3 Å². The summed E-state index contributed by atoms with van der Waals surface area (Å²) in [6.07, 6.45) is 4.90. The molecule has 1 aromatic carbocycles. The van der Waals surface area contributed by atoms with Crippen LogP contribution in [0.15, 0.2) is 18.2 Å². The Morgan fingerprint density at radius 2 is 2.21 bits per heavy atom. The van der Waals surface area contributed by atoms with Crippen LogP contribution in [0, 0.1) is 11.3 Å². The predicted molar refractivity (Wildman–Crippen MR) is 77.6 cm³/mol. The summed E-state index contributed by atoms with van der Waals surface area (Å²) in [7, 11) is 0. The van der Waals surface area contributed by atoms with E-state index in [9.17, 15) is 5.26 Å². The summed E-state index contributed by atoms with van der Waals surface area (Å²) in [4.78, 5) is 2.38. The second-order valence-corrected chi connectivity index (χ2v) is 5.82. The minimum absolute atomic E-state index is 0.507.